The summed E-state index contributed by atoms with van der Waals surface area (Å²) in [5.74, 6) is 1.73. The molecule has 21 heavy (non-hydrogen) atoms. The summed E-state index contributed by atoms with van der Waals surface area (Å²) >= 11 is 0. The molecule has 0 heterocycles. The van der Waals surface area contributed by atoms with E-state index >= 15 is 0 Å². The molecule has 0 aromatic heterocycles. The molecule has 0 unspecified atom stereocenters. The fourth-order valence-corrected chi connectivity index (χ4v) is 8.09. The Morgan fingerprint density at radius 2 is 0.952 bits per heavy atom. The van der Waals surface area contributed by atoms with Crippen molar-refractivity contribution in [1.82, 2.24) is 0 Å². The standard InChI is InChI=1S/C18H36O2Si/c1-19-21(20-2,15-17-11-7-3-4-8-12-17)16-18-13-9-5-6-10-14-18/h17-18H,3-16H2,1-2H3. The molecule has 0 spiro atoms. The van der Waals surface area contributed by atoms with Crippen molar-refractivity contribution in [2.75, 3.05) is 14.2 Å². The molecule has 0 N–H and O–H groups in total. The number of hydrogen-bond donors (Lipinski definition) is 0. The Kier molecular flexibility index (Phi) is 7.76. The molecule has 3 heteroatoms. The summed E-state index contributed by atoms with van der Waals surface area (Å²) in [6.45, 7) is 0. The minimum Gasteiger partial charge on any atom is -0.398 e. The summed E-state index contributed by atoms with van der Waals surface area (Å²) in [5, 5.41) is 0. The Morgan fingerprint density at radius 3 is 1.24 bits per heavy atom. The molecule has 0 aromatic rings. The van der Waals surface area contributed by atoms with Crippen molar-refractivity contribution in [2.24, 2.45) is 11.8 Å². The van der Waals surface area contributed by atoms with Gasteiger partial charge < -0.3 is 8.85 Å². The lowest BCUT2D eigenvalue weighted by Crippen LogP contribution is -2.43. The molecular weight excluding hydrogens is 276 g/mol. The second-order valence-electron chi connectivity index (χ2n) is 7.44. The maximum atomic E-state index is 6.09. The zero-order chi connectivity index (χ0) is 15.0. The molecule has 0 amide bonds. The van der Waals surface area contributed by atoms with Crippen LogP contribution in [0.2, 0.25) is 12.1 Å². The zero-order valence-electron chi connectivity index (χ0n) is 14.4. The smallest absolute Gasteiger partial charge is 0.338 e. The summed E-state index contributed by atoms with van der Waals surface area (Å²) in [6.07, 6.45) is 17.1. The van der Waals surface area contributed by atoms with Gasteiger partial charge in [-0.1, -0.05) is 77.0 Å². The Morgan fingerprint density at radius 1 is 0.619 bits per heavy atom. The van der Waals surface area contributed by atoms with E-state index in [4.69, 9.17) is 8.85 Å². The van der Waals surface area contributed by atoms with E-state index in [1.807, 2.05) is 14.2 Å². The Balaban J connectivity index is 1.93. The second-order valence-corrected chi connectivity index (χ2v) is 10.9. The van der Waals surface area contributed by atoms with Crippen molar-refractivity contribution in [3.8, 4) is 0 Å². The third-order valence-electron chi connectivity index (χ3n) is 5.89. The maximum absolute atomic E-state index is 6.09. The van der Waals surface area contributed by atoms with E-state index in [2.05, 4.69) is 0 Å². The van der Waals surface area contributed by atoms with E-state index in [-0.39, 0.29) is 0 Å². The number of rotatable bonds is 6. The summed E-state index contributed by atoms with van der Waals surface area (Å²) in [4.78, 5) is 0. The second kappa shape index (κ2) is 9.31. The van der Waals surface area contributed by atoms with Crippen LogP contribution in [0.25, 0.3) is 0 Å². The summed E-state index contributed by atoms with van der Waals surface area (Å²) in [7, 11) is 1.88. The van der Waals surface area contributed by atoms with Gasteiger partial charge in [-0.15, -0.1) is 0 Å². The average molecular weight is 313 g/mol. The van der Waals surface area contributed by atoms with Gasteiger partial charge in [0.05, 0.1) is 0 Å². The lowest BCUT2D eigenvalue weighted by atomic mass is 10.0. The molecule has 0 radical (unpaired) electrons. The van der Waals surface area contributed by atoms with Gasteiger partial charge in [-0.05, 0) is 23.9 Å². The first-order valence-electron chi connectivity index (χ1n) is 9.38. The van der Waals surface area contributed by atoms with Crippen LogP contribution in [0.1, 0.15) is 77.0 Å². The average Bonchev–Trinajstić information content (AvgIpc) is 2.91. The summed E-state index contributed by atoms with van der Waals surface area (Å²) < 4.78 is 12.2. The topological polar surface area (TPSA) is 18.5 Å². The lowest BCUT2D eigenvalue weighted by molar-refractivity contribution is 0.221. The Bertz CT molecular complexity index is 238. The molecule has 2 rings (SSSR count). The highest BCUT2D eigenvalue weighted by atomic mass is 28.4. The molecule has 2 aliphatic carbocycles. The molecule has 124 valence electrons. The van der Waals surface area contributed by atoms with Crippen LogP contribution in [0, 0.1) is 11.8 Å². The van der Waals surface area contributed by atoms with Gasteiger partial charge in [0.1, 0.15) is 0 Å². The third kappa shape index (κ3) is 5.68. The van der Waals surface area contributed by atoms with Gasteiger partial charge in [-0.2, -0.15) is 0 Å². The Labute approximate surface area is 133 Å². The monoisotopic (exact) mass is 312 g/mol. The van der Waals surface area contributed by atoms with Gasteiger partial charge in [0.25, 0.3) is 0 Å². The summed E-state index contributed by atoms with van der Waals surface area (Å²) in [5.41, 5.74) is 0. The normalized spacial score (nSPS) is 23.7. The van der Waals surface area contributed by atoms with Crippen molar-refractivity contribution in [3.05, 3.63) is 0 Å². The van der Waals surface area contributed by atoms with Crippen molar-refractivity contribution in [3.63, 3.8) is 0 Å². The molecule has 2 fully saturated rings. The van der Waals surface area contributed by atoms with E-state index in [0.717, 1.165) is 11.8 Å². The van der Waals surface area contributed by atoms with Crippen molar-refractivity contribution in [2.45, 2.75) is 89.1 Å². The molecule has 2 nitrogen and oxygen atoms in total. The first-order valence-corrected chi connectivity index (χ1v) is 11.6. The van der Waals surface area contributed by atoms with E-state index in [1.165, 1.54) is 89.1 Å². The largest absolute Gasteiger partial charge is 0.398 e. The van der Waals surface area contributed by atoms with Gasteiger partial charge in [0.2, 0.25) is 0 Å². The van der Waals surface area contributed by atoms with Gasteiger partial charge in [0.15, 0.2) is 0 Å². The van der Waals surface area contributed by atoms with Crippen LogP contribution in [0.5, 0.6) is 0 Å². The van der Waals surface area contributed by atoms with Gasteiger partial charge in [0, 0.05) is 14.2 Å². The highest BCUT2D eigenvalue weighted by molar-refractivity contribution is 6.67. The van der Waals surface area contributed by atoms with Crippen LogP contribution < -0.4 is 0 Å². The predicted octanol–water partition coefficient (Wildman–Crippen LogP) is 5.66. The van der Waals surface area contributed by atoms with Gasteiger partial charge in [-0.25, -0.2) is 0 Å². The van der Waals surface area contributed by atoms with Crippen LogP contribution in [0.4, 0.5) is 0 Å². The molecule has 0 saturated heterocycles. The zero-order valence-corrected chi connectivity index (χ0v) is 15.4. The minimum atomic E-state index is -1.96. The van der Waals surface area contributed by atoms with E-state index in [1.54, 1.807) is 0 Å². The van der Waals surface area contributed by atoms with Crippen LogP contribution in [-0.2, 0) is 8.85 Å². The minimum absolute atomic E-state index is 0.866. The molecule has 0 aliphatic heterocycles. The van der Waals surface area contributed by atoms with E-state index in [0.29, 0.717) is 0 Å². The molecule has 2 aliphatic rings. The van der Waals surface area contributed by atoms with E-state index in [9.17, 15) is 0 Å². The first kappa shape index (κ1) is 17.5. The molecular formula is C18H36O2Si. The highest BCUT2D eigenvalue weighted by Gasteiger charge is 2.40. The van der Waals surface area contributed by atoms with E-state index < -0.39 is 8.56 Å². The predicted molar refractivity (Wildman–Crippen MR) is 91.8 cm³/mol. The first-order chi connectivity index (χ1) is 10.3. The Hall–Kier alpha value is 0.137. The third-order valence-corrected chi connectivity index (χ3v) is 9.78. The fourth-order valence-electron chi connectivity index (χ4n) is 4.52. The highest BCUT2D eigenvalue weighted by Crippen LogP contribution is 2.37. The van der Waals surface area contributed by atoms with Crippen molar-refractivity contribution < 1.29 is 8.85 Å². The SMILES string of the molecule is CO[Si](CC1CCCCCC1)(CC1CCCCCC1)OC. The van der Waals surface area contributed by atoms with Crippen LogP contribution >= 0.6 is 0 Å². The fraction of sp³-hybridized carbons (Fsp3) is 1.00. The number of hydrogen-bond acceptors (Lipinski definition) is 2. The quantitative estimate of drug-likeness (QED) is 0.465. The molecule has 0 atom stereocenters. The maximum Gasteiger partial charge on any atom is 0.338 e. The van der Waals surface area contributed by atoms with Crippen LogP contribution in [0.3, 0.4) is 0 Å². The van der Waals surface area contributed by atoms with Crippen molar-refractivity contribution in [1.29, 1.82) is 0 Å². The van der Waals surface area contributed by atoms with Crippen molar-refractivity contribution >= 4 is 8.56 Å². The summed E-state index contributed by atoms with van der Waals surface area (Å²) in [6, 6.07) is 2.49. The molecule has 0 aromatic carbocycles. The molecule has 2 saturated carbocycles. The van der Waals surface area contributed by atoms with Gasteiger partial charge in [-0.3, -0.25) is 0 Å². The van der Waals surface area contributed by atoms with Crippen LogP contribution in [0.15, 0.2) is 0 Å². The van der Waals surface area contributed by atoms with Gasteiger partial charge >= 0.3 is 8.56 Å². The lowest BCUT2D eigenvalue weighted by Gasteiger charge is -2.33. The molecule has 0 bridgehead atoms. The van der Waals surface area contributed by atoms with Crippen LogP contribution in [-0.4, -0.2) is 22.8 Å².